The number of carbonyl (C=O) groups excluding carboxylic acids is 1. The third kappa shape index (κ3) is 6.32. The molecule has 0 aliphatic rings. The van der Waals surface area contributed by atoms with Gasteiger partial charge in [-0.15, -0.1) is 0 Å². The molecule has 1 amide bonds. The molecule has 1 heterocycles. The summed E-state index contributed by atoms with van der Waals surface area (Å²) < 4.78 is 43.7. The normalized spacial score (nSPS) is 11.6. The predicted molar refractivity (Wildman–Crippen MR) is 91.7 cm³/mol. The summed E-state index contributed by atoms with van der Waals surface area (Å²) in [6, 6.07) is 9.68. The molecular formula is C17H21FN2O4S. The van der Waals surface area contributed by atoms with Gasteiger partial charge in [-0.2, -0.15) is 0 Å². The van der Waals surface area contributed by atoms with Gasteiger partial charge < -0.3 is 9.73 Å². The Morgan fingerprint density at radius 3 is 2.60 bits per heavy atom. The number of benzene rings is 1. The standard InChI is InChI=1S/C17H21FN2O4S/c1-25(22,23)20(10-8-14-5-2-3-7-16(14)18)11-9-17(21)19-13-15-6-4-12-24-15/h2-7,12H,8-11,13H2,1H3,(H,19,21). The highest BCUT2D eigenvalue weighted by Gasteiger charge is 2.18. The summed E-state index contributed by atoms with van der Waals surface area (Å²) in [5.74, 6) is -0.0315. The monoisotopic (exact) mass is 368 g/mol. The van der Waals surface area contributed by atoms with Crippen LogP contribution in [0.2, 0.25) is 0 Å². The lowest BCUT2D eigenvalue weighted by molar-refractivity contribution is -0.121. The fourth-order valence-corrected chi connectivity index (χ4v) is 3.15. The van der Waals surface area contributed by atoms with Crippen molar-refractivity contribution < 1.29 is 22.0 Å². The highest BCUT2D eigenvalue weighted by atomic mass is 32.2. The second-order valence-corrected chi connectivity index (χ2v) is 7.59. The highest BCUT2D eigenvalue weighted by molar-refractivity contribution is 7.88. The zero-order valence-corrected chi connectivity index (χ0v) is 14.8. The smallest absolute Gasteiger partial charge is 0.221 e. The molecule has 0 saturated carbocycles. The predicted octanol–water partition coefficient (Wildman–Crippen LogP) is 1.93. The molecule has 6 nitrogen and oxygen atoms in total. The zero-order valence-electron chi connectivity index (χ0n) is 13.9. The molecule has 1 aromatic heterocycles. The van der Waals surface area contributed by atoms with E-state index in [-0.39, 0.29) is 44.2 Å². The molecule has 0 fully saturated rings. The largest absolute Gasteiger partial charge is 0.467 e. The second-order valence-electron chi connectivity index (χ2n) is 5.61. The first kappa shape index (κ1) is 19.1. The summed E-state index contributed by atoms with van der Waals surface area (Å²) in [6.07, 6.45) is 2.85. The van der Waals surface area contributed by atoms with Crippen molar-refractivity contribution in [2.75, 3.05) is 19.3 Å². The minimum absolute atomic E-state index is 0.0189. The number of hydrogen-bond donors (Lipinski definition) is 1. The van der Waals surface area contributed by atoms with Crippen LogP contribution in [0.3, 0.4) is 0 Å². The van der Waals surface area contributed by atoms with Gasteiger partial charge in [0.2, 0.25) is 15.9 Å². The first-order chi connectivity index (χ1) is 11.9. The molecule has 0 saturated heterocycles. The van der Waals surface area contributed by atoms with Crippen LogP contribution in [0.25, 0.3) is 0 Å². The lowest BCUT2D eigenvalue weighted by atomic mass is 10.1. The van der Waals surface area contributed by atoms with Crippen LogP contribution in [0.1, 0.15) is 17.7 Å². The van der Waals surface area contributed by atoms with E-state index in [4.69, 9.17) is 4.42 Å². The van der Waals surface area contributed by atoms with Gasteiger partial charge in [-0.1, -0.05) is 18.2 Å². The van der Waals surface area contributed by atoms with Crippen LogP contribution < -0.4 is 5.32 Å². The first-order valence-corrected chi connectivity index (χ1v) is 9.68. The van der Waals surface area contributed by atoms with E-state index in [2.05, 4.69) is 5.32 Å². The molecule has 2 aromatic rings. The quantitative estimate of drug-likeness (QED) is 0.733. The van der Waals surface area contributed by atoms with Crippen LogP contribution in [0, 0.1) is 5.82 Å². The molecule has 1 aromatic carbocycles. The van der Waals surface area contributed by atoms with Crippen LogP contribution in [0.5, 0.6) is 0 Å². The number of hydrogen-bond acceptors (Lipinski definition) is 4. The van der Waals surface area contributed by atoms with Crippen molar-refractivity contribution in [2.45, 2.75) is 19.4 Å². The molecule has 0 atom stereocenters. The van der Waals surface area contributed by atoms with E-state index in [1.807, 2.05) is 0 Å². The Morgan fingerprint density at radius 1 is 1.20 bits per heavy atom. The van der Waals surface area contributed by atoms with Crippen LogP contribution in [0.15, 0.2) is 47.1 Å². The molecule has 0 aliphatic heterocycles. The van der Waals surface area contributed by atoms with E-state index in [0.29, 0.717) is 11.3 Å². The van der Waals surface area contributed by atoms with E-state index in [9.17, 15) is 17.6 Å². The summed E-state index contributed by atoms with van der Waals surface area (Å²) in [7, 11) is -3.49. The van der Waals surface area contributed by atoms with Gasteiger partial charge in [0.15, 0.2) is 0 Å². The Morgan fingerprint density at radius 2 is 1.96 bits per heavy atom. The van der Waals surface area contributed by atoms with Crippen LogP contribution >= 0.6 is 0 Å². The van der Waals surface area contributed by atoms with Gasteiger partial charge in [0, 0.05) is 19.5 Å². The Labute approximate surface area is 146 Å². The zero-order chi connectivity index (χ0) is 18.3. The van der Waals surface area contributed by atoms with Gasteiger partial charge in [-0.25, -0.2) is 17.1 Å². The van der Waals surface area contributed by atoms with Gasteiger partial charge in [0.05, 0.1) is 19.1 Å². The van der Waals surface area contributed by atoms with E-state index < -0.39 is 10.0 Å². The molecule has 0 aliphatic carbocycles. The number of carbonyl (C=O) groups is 1. The van der Waals surface area contributed by atoms with Gasteiger partial charge in [0.25, 0.3) is 0 Å². The lowest BCUT2D eigenvalue weighted by Crippen LogP contribution is -2.36. The topological polar surface area (TPSA) is 79.6 Å². The molecule has 2 rings (SSSR count). The van der Waals surface area contributed by atoms with Crippen molar-refractivity contribution in [1.29, 1.82) is 0 Å². The van der Waals surface area contributed by atoms with Crippen molar-refractivity contribution >= 4 is 15.9 Å². The fourth-order valence-electron chi connectivity index (χ4n) is 2.30. The molecule has 0 spiro atoms. The minimum Gasteiger partial charge on any atom is -0.467 e. The first-order valence-electron chi connectivity index (χ1n) is 7.84. The SMILES string of the molecule is CS(=O)(=O)N(CCC(=O)NCc1ccco1)CCc1ccccc1F. The van der Waals surface area contributed by atoms with Crippen molar-refractivity contribution in [3.8, 4) is 0 Å². The summed E-state index contributed by atoms with van der Waals surface area (Å²) in [6.45, 7) is 0.405. The molecule has 1 N–H and O–H groups in total. The number of sulfonamides is 1. The Hall–Kier alpha value is -2.19. The molecule has 0 unspecified atom stereocenters. The van der Waals surface area contributed by atoms with Crippen LogP contribution in [-0.2, 0) is 27.8 Å². The van der Waals surface area contributed by atoms with Crippen molar-refractivity contribution in [3.05, 3.63) is 59.8 Å². The number of nitrogens with one attached hydrogen (secondary N) is 1. The molecule has 0 radical (unpaired) electrons. The Balaban J connectivity index is 1.85. The van der Waals surface area contributed by atoms with E-state index in [1.165, 1.54) is 16.6 Å². The molecular weight excluding hydrogens is 347 g/mol. The number of nitrogens with zero attached hydrogens (tertiary/aromatic N) is 1. The molecule has 25 heavy (non-hydrogen) atoms. The fraction of sp³-hybridized carbons (Fsp3) is 0.353. The third-order valence-electron chi connectivity index (χ3n) is 3.69. The number of furan rings is 1. The van der Waals surface area contributed by atoms with Gasteiger partial charge in [-0.3, -0.25) is 4.79 Å². The third-order valence-corrected chi connectivity index (χ3v) is 4.99. The Bertz CT molecular complexity index is 791. The summed E-state index contributed by atoms with van der Waals surface area (Å²) in [5.41, 5.74) is 0.443. The van der Waals surface area contributed by atoms with Crippen molar-refractivity contribution in [2.24, 2.45) is 0 Å². The minimum atomic E-state index is -3.49. The van der Waals surface area contributed by atoms with E-state index in [1.54, 1.807) is 30.3 Å². The Kier molecular flexibility index (Phi) is 6.72. The number of amides is 1. The summed E-state index contributed by atoms with van der Waals surface area (Å²) >= 11 is 0. The van der Waals surface area contributed by atoms with E-state index in [0.717, 1.165) is 6.26 Å². The highest BCUT2D eigenvalue weighted by Crippen LogP contribution is 2.10. The maximum atomic E-state index is 13.6. The van der Waals surface area contributed by atoms with Crippen molar-refractivity contribution in [3.63, 3.8) is 0 Å². The molecule has 0 bridgehead atoms. The van der Waals surface area contributed by atoms with Gasteiger partial charge in [-0.05, 0) is 30.2 Å². The second kappa shape index (κ2) is 8.77. The maximum absolute atomic E-state index is 13.6. The molecule has 8 heteroatoms. The molecule has 136 valence electrons. The van der Waals surface area contributed by atoms with E-state index >= 15 is 0 Å². The number of rotatable bonds is 9. The average molecular weight is 368 g/mol. The summed E-state index contributed by atoms with van der Waals surface area (Å²) in [5, 5.41) is 2.66. The van der Waals surface area contributed by atoms with Crippen molar-refractivity contribution in [1.82, 2.24) is 9.62 Å². The number of halogens is 1. The maximum Gasteiger partial charge on any atom is 0.221 e. The van der Waals surface area contributed by atoms with Crippen LogP contribution in [0.4, 0.5) is 4.39 Å². The summed E-state index contributed by atoms with van der Waals surface area (Å²) in [4.78, 5) is 11.9. The van der Waals surface area contributed by atoms with Crippen LogP contribution in [-0.4, -0.2) is 38.0 Å². The van der Waals surface area contributed by atoms with Gasteiger partial charge >= 0.3 is 0 Å². The lowest BCUT2D eigenvalue weighted by Gasteiger charge is -2.19. The van der Waals surface area contributed by atoms with Gasteiger partial charge in [0.1, 0.15) is 11.6 Å². The average Bonchev–Trinajstić information content (AvgIpc) is 3.06.